The summed E-state index contributed by atoms with van der Waals surface area (Å²) in [5.41, 5.74) is 1.77. The predicted molar refractivity (Wildman–Crippen MR) is 86.6 cm³/mol. The van der Waals surface area contributed by atoms with Crippen molar-refractivity contribution >= 4 is 5.97 Å². The first kappa shape index (κ1) is 16.5. The van der Waals surface area contributed by atoms with E-state index < -0.39 is 0 Å². The Bertz CT molecular complexity index is 709. The van der Waals surface area contributed by atoms with Crippen molar-refractivity contribution in [2.75, 3.05) is 6.61 Å². The van der Waals surface area contributed by atoms with Crippen molar-refractivity contribution in [2.45, 2.75) is 26.3 Å². The Morgan fingerprint density at radius 1 is 1.39 bits per heavy atom. The summed E-state index contributed by atoms with van der Waals surface area (Å²) in [6, 6.07) is 9.63. The zero-order valence-corrected chi connectivity index (χ0v) is 13.1. The zero-order chi connectivity index (χ0) is 16.5. The van der Waals surface area contributed by atoms with Crippen molar-refractivity contribution in [3.63, 3.8) is 0 Å². The van der Waals surface area contributed by atoms with Gasteiger partial charge in [-0.1, -0.05) is 18.2 Å². The van der Waals surface area contributed by atoms with E-state index in [0.29, 0.717) is 18.7 Å². The number of hydrogen-bond donors (Lipinski definition) is 0. The number of aromatic nitrogens is 2. The second kappa shape index (κ2) is 8.54. The SMILES string of the molecule is CCOC(=O)C=CCCc1nccn1Cc1ccc(C#N)cc1. The number of rotatable bonds is 7. The highest BCUT2D eigenvalue weighted by Crippen LogP contribution is 2.09. The third-order valence-corrected chi connectivity index (χ3v) is 3.31. The Morgan fingerprint density at radius 2 is 2.17 bits per heavy atom. The summed E-state index contributed by atoms with van der Waals surface area (Å²) in [6.07, 6.45) is 8.44. The van der Waals surface area contributed by atoms with E-state index in [2.05, 4.69) is 15.6 Å². The van der Waals surface area contributed by atoms with E-state index in [0.717, 1.165) is 24.2 Å². The summed E-state index contributed by atoms with van der Waals surface area (Å²) in [7, 11) is 0. The molecular weight excluding hydrogens is 290 g/mol. The topological polar surface area (TPSA) is 67.9 Å². The standard InChI is InChI=1S/C18H19N3O2/c1-2-23-18(22)6-4-3-5-17-20-11-12-21(17)14-16-9-7-15(13-19)8-10-16/h4,6-12H,2-3,5,14H2,1H3. The number of carbonyl (C=O) groups is 1. The van der Waals surface area contributed by atoms with Crippen LogP contribution < -0.4 is 0 Å². The van der Waals surface area contributed by atoms with Crippen molar-refractivity contribution in [1.82, 2.24) is 9.55 Å². The minimum absolute atomic E-state index is 0.312. The number of allylic oxidation sites excluding steroid dienone is 1. The smallest absolute Gasteiger partial charge is 0.330 e. The number of aryl methyl sites for hydroxylation is 1. The first-order valence-electron chi connectivity index (χ1n) is 7.55. The number of ether oxygens (including phenoxy) is 1. The second-order valence-corrected chi connectivity index (χ2v) is 4.97. The highest BCUT2D eigenvalue weighted by Gasteiger charge is 2.03. The Hall–Kier alpha value is -2.87. The molecule has 5 nitrogen and oxygen atoms in total. The molecule has 0 saturated carbocycles. The van der Waals surface area contributed by atoms with Crippen molar-refractivity contribution < 1.29 is 9.53 Å². The molecule has 23 heavy (non-hydrogen) atoms. The van der Waals surface area contributed by atoms with E-state index in [4.69, 9.17) is 10.00 Å². The molecule has 0 aliphatic heterocycles. The van der Waals surface area contributed by atoms with Crippen LogP contribution in [0.2, 0.25) is 0 Å². The molecule has 0 spiro atoms. The fourth-order valence-corrected chi connectivity index (χ4v) is 2.18. The molecule has 2 aromatic rings. The van der Waals surface area contributed by atoms with Gasteiger partial charge in [-0.05, 0) is 31.0 Å². The third-order valence-electron chi connectivity index (χ3n) is 3.31. The van der Waals surface area contributed by atoms with E-state index >= 15 is 0 Å². The van der Waals surface area contributed by atoms with E-state index in [-0.39, 0.29) is 5.97 Å². The van der Waals surface area contributed by atoms with Crippen LogP contribution in [0, 0.1) is 11.3 Å². The summed E-state index contributed by atoms with van der Waals surface area (Å²) in [4.78, 5) is 15.6. The molecule has 1 heterocycles. The molecule has 0 aliphatic carbocycles. The summed E-state index contributed by atoms with van der Waals surface area (Å²) in [5, 5.41) is 8.82. The summed E-state index contributed by atoms with van der Waals surface area (Å²) >= 11 is 0. The van der Waals surface area contributed by atoms with Gasteiger partial charge in [-0.3, -0.25) is 0 Å². The Kier molecular flexibility index (Phi) is 6.13. The van der Waals surface area contributed by atoms with Crippen LogP contribution in [-0.2, 0) is 22.5 Å². The molecule has 5 heteroatoms. The summed E-state index contributed by atoms with van der Waals surface area (Å²) in [6.45, 7) is 2.88. The van der Waals surface area contributed by atoms with Gasteiger partial charge in [0.15, 0.2) is 0 Å². The first-order valence-corrected chi connectivity index (χ1v) is 7.55. The van der Waals surface area contributed by atoms with Crippen molar-refractivity contribution in [1.29, 1.82) is 5.26 Å². The number of nitriles is 1. The number of nitrogens with zero attached hydrogens (tertiary/aromatic N) is 3. The van der Waals surface area contributed by atoms with Crippen LogP contribution in [0.4, 0.5) is 0 Å². The molecule has 2 rings (SSSR count). The van der Waals surface area contributed by atoms with Gasteiger partial charge in [-0.15, -0.1) is 0 Å². The van der Waals surface area contributed by atoms with Gasteiger partial charge in [-0.2, -0.15) is 5.26 Å². The summed E-state index contributed by atoms with van der Waals surface area (Å²) < 4.78 is 6.90. The largest absolute Gasteiger partial charge is 0.463 e. The highest BCUT2D eigenvalue weighted by molar-refractivity contribution is 5.81. The van der Waals surface area contributed by atoms with Gasteiger partial charge < -0.3 is 9.30 Å². The molecule has 0 saturated heterocycles. The van der Waals surface area contributed by atoms with Gasteiger partial charge in [0.1, 0.15) is 5.82 Å². The predicted octanol–water partition coefficient (Wildman–Crippen LogP) is 2.85. The minimum atomic E-state index is -0.312. The van der Waals surface area contributed by atoms with Crippen LogP contribution in [0.1, 0.15) is 30.3 Å². The first-order chi connectivity index (χ1) is 11.2. The van der Waals surface area contributed by atoms with E-state index in [1.807, 2.05) is 30.5 Å². The molecule has 0 fully saturated rings. The van der Waals surface area contributed by atoms with Crippen LogP contribution in [0.3, 0.4) is 0 Å². The maximum absolute atomic E-state index is 11.2. The molecule has 0 unspecified atom stereocenters. The van der Waals surface area contributed by atoms with Gasteiger partial charge in [0.2, 0.25) is 0 Å². The van der Waals surface area contributed by atoms with Gasteiger partial charge in [0.05, 0.1) is 18.2 Å². The monoisotopic (exact) mass is 309 g/mol. The van der Waals surface area contributed by atoms with Gasteiger partial charge >= 0.3 is 5.97 Å². The van der Waals surface area contributed by atoms with Crippen LogP contribution in [-0.4, -0.2) is 22.1 Å². The number of benzene rings is 1. The number of hydrogen-bond acceptors (Lipinski definition) is 4. The van der Waals surface area contributed by atoms with E-state index in [1.165, 1.54) is 6.08 Å². The van der Waals surface area contributed by atoms with Crippen molar-refractivity contribution in [3.8, 4) is 6.07 Å². The fraction of sp³-hybridized carbons (Fsp3) is 0.278. The van der Waals surface area contributed by atoms with Crippen LogP contribution in [0.25, 0.3) is 0 Å². The zero-order valence-electron chi connectivity index (χ0n) is 13.1. The fourth-order valence-electron chi connectivity index (χ4n) is 2.18. The lowest BCUT2D eigenvalue weighted by atomic mass is 10.1. The number of carbonyl (C=O) groups excluding carboxylic acids is 1. The number of esters is 1. The maximum atomic E-state index is 11.2. The second-order valence-electron chi connectivity index (χ2n) is 4.97. The maximum Gasteiger partial charge on any atom is 0.330 e. The molecular formula is C18H19N3O2. The van der Waals surface area contributed by atoms with Crippen molar-refractivity contribution in [2.24, 2.45) is 0 Å². The minimum Gasteiger partial charge on any atom is -0.463 e. The molecule has 0 radical (unpaired) electrons. The van der Waals surface area contributed by atoms with Gasteiger partial charge in [-0.25, -0.2) is 9.78 Å². The Morgan fingerprint density at radius 3 is 2.87 bits per heavy atom. The molecule has 0 N–H and O–H groups in total. The molecule has 118 valence electrons. The van der Waals surface area contributed by atoms with Crippen LogP contribution in [0.15, 0.2) is 48.8 Å². The molecule has 0 aliphatic rings. The number of imidazole rings is 1. The molecule has 0 bridgehead atoms. The molecule has 1 aromatic carbocycles. The third kappa shape index (κ3) is 5.11. The normalized spacial score (nSPS) is 10.6. The molecule has 1 aromatic heterocycles. The average molecular weight is 309 g/mol. The lowest BCUT2D eigenvalue weighted by Gasteiger charge is -2.07. The lowest BCUT2D eigenvalue weighted by molar-refractivity contribution is -0.137. The van der Waals surface area contributed by atoms with Crippen LogP contribution >= 0.6 is 0 Å². The van der Waals surface area contributed by atoms with Gasteiger partial charge in [0.25, 0.3) is 0 Å². The van der Waals surface area contributed by atoms with Gasteiger partial charge in [0, 0.05) is 31.4 Å². The molecule has 0 atom stereocenters. The lowest BCUT2D eigenvalue weighted by Crippen LogP contribution is -2.04. The van der Waals surface area contributed by atoms with Crippen LogP contribution in [0.5, 0.6) is 0 Å². The van der Waals surface area contributed by atoms with Crippen molar-refractivity contribution in [3.05, 3.63) is 65.8 Å². The summed E-state index contributed by atoms with van der Waals surface area (Å²) in [5.74, 6) is 0.649. The Balaban J connectivity index is 1.91. The highest BCUT2D eigenvalue weighted by atomic mass is 16.5. The Labute approximate surface area is 135 Å². The van der Waals surface area contributed by atoms with E-state index in [9.17, 15) is 4.79 Å². The quantitative estimate of drug-likeness (QED) is 0.582. The average Bonchev–Trinajstić information content (AvgIpc) is 3.00. The van der Waals surface area contributed by atoms with E-state index in [1.54, 1.807) is 19.2 Å². The molecule has 0 amide bonds.